The van der Waals surface area contributed by atoms with Crippen molar-refractivity contribution in [2.75, 3.05) is 29.0 Å². The van der Waals surface area contributed by atoms with Gasteiger partial charge < -0.3 is 16.0 Å². The third-order valence-corrected chi connectivity index (χ3v) is 5.60. The van der Waals surface area contributed by atoms with Gasteiger partial charge in [-0.1, -0.05) is 11.3 Å². The first-order chi connectivity index (χ1) is 12.6. The Labute approximate surface area is 154 Å². The van der Waals surface area contributed by atoms with Gasteiger partial charge in [0.2, 0.25) is 0 Å². The van der Waals surface area contributed by atoms with Gasteiger partial charge in [-0.15, -0.1) is 0 Å². The number of anilines is 4. The number of nitrogens with zero attached hydrogens (tertiary/aromatic N) is 6. The summed E-state index contributed by atoms with van der Waals surface area (Å²) in [7, 11) is 0. The third-order valence-electron chi connectivity index (χ3n) is 4.46. The molecule has 0 bridgehead atoms. The Morgan fingerprint density at radius 1 is 1.38 bits per heavy atom. The predicted molar refractivity (Wildman–Crippen MR) is 102 cm³/mol. The number of thiazole rings is 1. The molecule has 26 heavy (non-hydrogen) atoms. The highest BCUT2D eigenvalue weighted by Gasteiger charge is 2.32. The molecule has 0 unspecified atom stereocenters. The molecule has 1 aliphatic heterocycles. The van der Waals surface area contributed by atoms with E-state index in [9.17, 15) is 5.26 Å². The summed E-state index contributed by atoms with van der Waals surface area (Å²) in [6, 6.07) is 6.00. The highest BCUT2D eigenvalue weighted by atomic mass is 32.1. The van der Waals surface area contributed by atoms with E-state index in [0.29, 0.717) is 24.0 Å². The second-order valence-corrected chi connectivity index (χ2v) is 7.63. The van der Waals surface area contributed by atoms with Gasteiger partial charge in [0, 0.05) is 25.4 Å². The summed E-state index contributed by atoms with van der Waals surface area (Å²) >= 11 is 1.57. The van der Waals surface area contributed by atoms with E-state index in [0.717, 1.165) is 34.7 Å². The molecule has 0 saturated carbocycles. The molecular weight excluding hydrogens is 348 g/mol. The van der Waals surface area contributed by atoms with Crippen LogP contribution < -0.4 is 16.0 Å². The van der Waals surface area contributed by atoms with E-state index in [-0.39, 0.29) is 5.41 Å². The maximum absolute atomic E-state index is 9.45. The van der Waals surface area contributed by atoms with Gasteiger partial charge in [-0.25, -0.2) is 19.9 Å². The van der Waals surface area contributed by atoms with Crippen LogP contribution in [0, 0.1) is 16.7 Å². The minimum absolute atomic E-state index is 0.325. The van der Waals surface area contributed by atoms with Gasteiger partial charge >= 0.3 is 0 Å². The zero-order chi connectivity index (χ0) is 18.1. The number of nitriles is 1. The molecule has 0 spiro atoms. The minimum atomic E-state index is -0.325. The average Bonchev–Trinajstić information content (AvgIpc) is 3.07. The topological polar surface area (TPSA) is 117 Å². The zero-order valence-corrected chi connectivity index (χ0v) is 15.1. The van der Waals surface area contributed by atoms with E-state index >= 15 is 0 Å². The van der Waals surface area contributed by atoms with E-state index in [1.165, 1.54) is 6.33 Å². The molecule has 0 aromatic carbocycles. The van der Waals surface area contributed by atoms with Crippen LogP contribution in [0.4, 0.5) is 22.6 Å². The fraction of sp³-hybridized carbons (Fsp3) is 0.353. The smallest absolute Gasteiger partial charge is 0.186 e. The molecule has 3 aromatic heterocycles. The highest BCUT2D eigenvalue weighted by molar-refractivity contribution is 7.22. The lowest BCUT2D eigenvalue weighted by molar-refractivity contribution is 0.349. The van der Waals surface area contributed by atoms with Crippen molar-refractivity contribution >= 4 is 44.1 Å². The van der Waals surface area contributed by atoms with Gasteiger partial charge in [-0.2, -0.15) is 5.26 Å². The summed E-state index contributed by atoms with van der Waals surface area (Å²) in [4.78, 5) is 19.4. The molecule has 3 aromatic rings. The van der Waals surface area contributed by atoms with Crippen LogP contribution in [0.3, 0.4) is 0 Å². The maximum atomic E-state index is 9.45. The lowest BCUT2D eigenvalue weighted by Crippen LogP contribution is -2.40. The van der Waals surface area contributed by atoms with Crippen LogP contribution in [0.25, 0.3) is 10.2 Å². The number of pyridine rings is 1. The van der Waals surface area contributed by atoms with Gasteiger partial charge in [-0.05, 0) is 25.8 Å². The Bertz CT molecular complexity index is 994. The molecule has 4 heterocycles. The monoisotopic (exact) mass is 366 g/mol. The van der Waals surface area contributed by atoms with Crippen LogP contribution in [0.5, 0.6) is 0 Å². The molecule has 1 saturated heterocycles. The Balaban J connectivity index is 1.66. The quantitative estimate of drug-likeness (QED) is 0.726. The zero-order valence-electron chi connectivity index (χ0n) is 14.3. The van der Waals surface area contributed by atoms with E-state index < -0.39 is 0 Å². The normalized spacial score (nSPS) is 20.1. The Morgan fingerprint density at radius 3 is 3.08 bits per heavy atom. The Morgan fingerprint density at radius 2 is 2.27 bits per heavy atom. The van der Waals surface area contributed by atoms with Gasteiger partial charge in [0.1, 0.15) is 18.0 Å². The molecule has 9 heteroatoms. The number of nitrogens with one attached hydrogen (secondary N) is 1. The number of hydrogen-bond donors (Lipinski definition) is 2. The van der Waals surface area contributed by atoms with Gasteiger partial charge in [-0.3, -0.25) is 0 Å². The molecule has 1 atom stereocenters. The van der Waals surface area contributed by atoms with Crippen molar-refractivity contribution in [2.24, 2.45) is 5.41 Å². The fourth-order valence-electron chi connectivity index (χ4n) is 3.12. The van der Waals surface area contributed by atoms with Gasteiger partial charge in [0.05, 0.1) is 21.7 Å². The number of nitrogen functional groups attached to an aromatic ring is 1. The van der Waals surface area contributed by atoms with E-state index in [1.54, 1.807) is 23.6 Å². The first kappa shape index (κ1) is 16.5. The van der Waals surface area contributed by atoms with Gasteiger partial charge in [0.25, 0.3) is 0 Å². The molecule has 1 fully saturated rings. The van der Waals surface area contributed by atoms with Crippen LogP contribution in [-0.4, -0.2) is 33.0 Å². The summed E-state index contributed by atoms with van der Waals surface area (Å²) in [5.41, 5.74) is 6.25. The van der Waals surface area contributed by atoms with E-state index in [1.807, 2.05) is 13.0 Å². The molecule has 8 nitrogen and oxygen atoms in total. The van der Waals surface area contributed by atoms with Gasteiger partial charge in [0.15, 0.2) is 10.9 Å². The van der Waals surface area contributed by atoms with Crippen molar-refractivity contribution < 1.29 is 0 Å². The van der Waals surface area contributed by atoms with Crippen molar-refractivity contribution in [1.29, 1.82) is 5.26 Å². The Kier molecular flexibility index (Phi) is 4.05. The van der Waals surface area contributed by atoms with Crippen LogP contribution >= 0.6 is 11.3 Å². The lowest BCUT2D eigenvalue weighted by Gasteiger charge is -2.35. The molecule has 4 rings (SSSR count). The SMILES string of the molecule is C[C@]1(C#N)CCCN(c2nc3ccnc(Nc4cc(N)ncn4)c3s2)C1. The number of piperidine rings is 1. The summed E-state index contributed by atoms with van der Waals surface area (Å²) in [6.45, 7) is 3.62. The second kappa shape index (κ2) is 6.38. The van der Waals surface area contributed by atoms with E-state index in [4.69, 9.17) is 10.7 Å². The summed E-state index contributed by atoms with van der Waals surface area (Å²) < 4.78 is 0.948. The number of hydrogen-bond acceptors (Lipinski definition) is 9. The van der Waals surface area contributed by atoms with Crippen LogP contribution in [0.15, 0.2) is 24.7 Å². The molecule has 1 aliphatic rings. The number of fused-ring (bicyclic) bond motifs is 1. The molecular formula is C17H18N8S. The predicted octanol–water partition coefficient (Wildman–Crippen LogP) is 2.94. The van der Waals surface area contributed by atoms with Crippen LogP contribution in [0.1, 0.15) is 19.8 Å². The largest absolute Gasteiger partial charge is 0.384 e. The fourth-order valence-corrected chi connectivity index (χ4v) is 4.15. The average molecular weight is 366 g/mol. The van der Waals surface area contributed by atoms with Crippen molar-refractivity contribution in [3.63, 3.8) is 0 Å². The second-order valence-electron chi connectivity index (χ2n) is 6.65. The molecule has 0 aliphatic carbocycles. The standard InChI is InChI=1S/C17H18N8S/c1-17(8-18)4-2-6-25(9-17)16-23-11-3-5-20-15(14(11)26-16)24-13-7-12(19)21-10-22-13/h3,5,7,10H,2,4,6,9H2,1H3,(H3,19,20,21,22,24)/t17-/m1/s1. The molecule has 132 valence electrons. The van der Waals surface area contributed by atoms with Crippen molar-refractivity contribution in [2.45, 2.75) is 19.8 Å². The van der Waals surface area contributed by atoms with Crippen molar-refractivity contribution in [3.05, 3.63) is 24.7 Å². The summed E-state index contributed by atoms with van der Waals surface area (Å²) in [6.07, 6.45) is 5.04. The van der Waals surface area contributed by atoms with Crippen molar-refractivity contribution in [1.82, 2.24) is 19.9 Å². The molecule has 3 N–H and O–H groups in total. The van der Waals surface area contributed by atoms with Crippen LogP contribution in [-0.2, 0) is 0 Å². The Hall–Kier alpha value is -2.99. The van der Waals surface area contributed by atoms with Crippen molar-refractivity contribution in [3.8, 4) is 6.07 Å². The first-order valence-corrected chi connectivity index (χ1v) is 9.14. The maximum Gasteiger partial charge on any atom is 0.186 e. The number of aromatic nitrogens is 4. The third kappa shape index (κ3) is 3.11. The number of rotatable bonds is 3. The molecule has 0 radical (unpaired) electrons. The van der Waals surface area contributed by atoms with Crippen LogP contribution in [0.2, 0.25) is 0 Å². The first-order valence-electron chi connectivity index (χ1n) is 8.33. The summed E-state index contributed by atoms with van der Waals surface area (Å²) in [5.74, 6) is 1.66. The minimum Gasteiger partial charge on any atom is -0.384 e. The van der Waals surface area contributed by atoms with E-state index in [2.05, 4.69) is 31.2 Å². The number of nitrogens with two attached hydrogens (primary N) is 1. The lowest BCUT2D eigenvalue weighted by atomic mass is 9.84. The summed E-state index contributed by atoms with van der Waals surface area (Å²) in [5, 5.41) is 13.6. The molecule has 0 amide bonds. The highest BCUT2D eigenvalue weighted by Crippen LogP contribution is 2.37.